The topological polar surface area (TPSA) is 70.7 Å². The average Bonchev–Trinajstić information content (AvgIpc) is 3.23. The van der Waals surface area contributed by atoms with Crippen molar-refractivity contribution >= 4 is 17.5 Å². The molecule has 1 heterocycles. The van der Waals surface area contributed by atoms with Crippen molar-refractivity contribution in [2.75, 3.05) is 18.4 Å². The van der Waals surface area contributed by atoms with Crippen LogP contribution in [0, 0.1) is 0 Å². The highest BCUT2D eigenvalue weighted by Gasteiger charge is 2.34. The molecule has 142 valence electrons. The first kappa shape index (κ1) is 18.5. The molecule has 1 aliphatic carbocycles. The second-order valence-corrected chi connectivity index (χ2v) is 6.53. The maximum absolute atomic E-state index is 12.2. The van der Waals surface area contributed by atoms with Crippen molar-refractivity contribution in [3.63, 3.8) is 0 Å². The van der Waals surface area contributed by atoms with Gasteiger partial charge in [0.1, 0.15) is 5.75 Å². The van der Waals surface area contributed by atoms with Crippen LogP contribution in [-0.2, 0) is 9.59 Å². The molecule has 2 amide bonds. The highest BCUT2D eigenvalue weighted by atomic mass is 19.4. The number of ether oxygens (including phenoxy) is 1. The van der Waals surface area contributed by atoms with E-state index in [2.05, 4.69) is 15.4 Å². The van der Waals surface area contributed by atoms with Crippen LogP contribution in [0.1, 0.15) is 25.7 Å². The lowest BCUT2D eigenvalue weighted by atomic mass is 10.2. The summed E-state index contributed by atoms with van der Waals surface area (Å²) in [7, 11) is 0. The first-order valence-corrected chi connectivity index (χ1v) is 8.50. The van der Waals surface area contributed by atoms with Crippen molar-refractivity contribution in [2.24, 2.45) is 0 Å². The predicted octanol–water partition coefficient (Wildman–Crippen LogP) is 2.27. The normalized spacial score (nSPS) is 20.7. The highest BCUT2D eigenvalue weighted by molar-refractivity contribution is 5.93. The number of nitrogens with zero attached hydrogens (tertiary/aromatic N) is 1. The average molecular weight is 371 g/mol. The lowest BCUT2D eigenvalue weighted by Crippen LogP contribution is -2.46. The minimum Gasteiger partial charge on any atom is -0.406 e. The van der Waals surface area contributed by atoms with Crippen LogP contribution in [0.3, 0.4) is 0 Å². The number of nitrogens with one attached hydrogen (secondary N) is 2. The van der Waals surface area contributed by atoms with E-state index < -0.39 is 6.36 Å². The molecule has 2 N–H and O–H groups in total. The van der Waals surface area contributed by atoms with Crippen LogP contribution in [0.4, 0.5) is 18.9 Å². The number of alkyl halides is 3. The Morgan fingerprint density at radius 3 is 2.46 bits per heavy atom. The molecule has 2 fully saturated rings. The van der Waals surface area contributed by atoms with Crippen molar-refractivity contribution < 1.29 is 27.5 Å². The van der Waals surface area contributed by atoms with Gasteiger partial charge in [0.25, 0.3) is 0 Å². The number of amides is 2. The monoisotopic (exact) mass is 371 g/mol. The molecule has 6 nitrogen and oxygen atoms in total. The molecular formula is C17H20F3N3O3. The molecule has 0 bridgehead atoms. The van der Waals surface area contributed by atoms with E-state index in [1.54, 1.807) is 0 Å². The van der Waals surface area contributed by atoms with Crippen molar-refractivity contribution in [3.05, 3.63) is 24.3 Å². The third-order valence-electron chi connectivity index (χ3n) is 4.31. The summed E-state index contributed by atoms with van der Waals surface area (Å²) in [4.78, 5) is 26.2. The number of likely N-dealkylation sites (tertiary alicyclic amines) is 1. The van der Waals surface area contributed by atoms with Gasteiger partial charge in [-0.1, -0.05) is 0 Å². The predicted molar refractivity (Wildman–Crippen MR) is 87.5 cm³/mol. The molecule has 1 aliphatic heterocycles. The van der Waals surface area contributed by atoms with Crippen molar-refractivity contribution in [1.29, 1.82) is 0 Å². The summed E-state index contributed by atoms with van der Waals surface area (Å²) in [5.41, 5.74) is 0.364. The molecule has 2 aliphatic rings. The zero-order valence-corrected chi connectivity index (χ0v) is 14.0. The van der Waals surface area contributed by atoms with Gasteiger partial charge in [0.2, 0.25) is 11.8 Å². The molecule has 1 saturated carbocycles. The van der Waals surface area contributed by atoms with Crippen molar-refractivity contribution in [1.82, 2.24) is 10.2 Å². The first-order chi connectivity index (χ1) is 12.3. The Bertz CT molecular complexity index is 659. The summed E-state index contributed by atoms with van der Waals surface area (Å²) in [5.74, 6) is -0.709. The number of carbonyl (C=O) groups is 2. The van der Waals surface area contributed by atoms with E-state index in [1.807, 2.05) is 4.90 Å². The van der Waals surface area contributed by atoms with Crippen LogP contribution in [-0.4, -0.2) is 48.2 Å². The van der Waals surface area contributed by atoms with Gasteiger partial charge in [0.15, 0.2) is 0 Å². The number of halogens is 3. The summed E-state index contributed by atoms with van der Waals surface area (Å²) < 4.78 is 40.2. The number of carbonyl (C=O) groups excluding carboxylic acids is 2. The number of benzene rings is 1. The van der Waals surface area contributed by atoms with Crippen LogP contribution < -0.4 is 15.4 Å². The van der Waals surface area contributed by atoms with Gasteiger partial charge in [0, 0.05) is 11.7 Å². The molecule has 3 rings (SSSR count). The van der Waals surface area contributed by atoms with Crippen LogP contribution in [0.5, 0.6) is 5.75 Å². The second-order valence-electron chi connectivity index (χ2n) is 6.53. The summed E-state index contributed by atoms with van der Waals surface area (Å²) >= 11 is 0. The minimum absolute atomic E-state index is 0.0357. The van der Waals surface area contributed by atoms with Crippen molar-refractivity contribution in [3.8, 4) is 5.75 Å². The standard InChI is InChI=1S/C17H20F3N3O3/c18-17(19,20)26-13-7-5-11(6-8-13)21-15(24)10-23-9-1-2-14(23)16(25)22-12-3-4-12/h5-8,12,14H,1-4,9-10H2,(H,21,24)(H,22,25). The number of rotatable bonds is 6. The molecule has 0 spiro atoms. The zero-order chi connectivity index (χ0) is 18.7. The van der Waals surface area contributed by atoms with E-state index in [0.29, 0.717) is 12.2 Å². The summed E-state index contributed by atoms with van der Waals surface area (Å²) in [6.45, 7) is 0.720. The SMILES string of the molecule is O=C(CN1CCCC1C(=O)NC1CC1)Nc1ccc(OC(F)(F)F)cc1. The Morgan fingerprint density at radius 2 is 1.85 bits per heavy atom. The molecule has 1 aromatic carbocycles. The number of anilines is 1. The lowest BCUT2D eigenvalue weighted by Gasteiger charge is -2.23. The lowest BCUT2D eigenvalue weighted by molar-refractivity contribution is -0.274. The molecule has 0 aromatic heterocycles. The van der Waals surface area contributed by atoms with Crippen LogP contribution in [0.25, 0.3) is 0 Å². The van der Waals surface area contributed by atoms with E-state index in [-0.39, 0.29) is 36.2 Å². The number of hydrogen-bond acceptors (Lipinski definition) is 4. The van der Waals surface area contributed by atoms with E-state index in [1.165, 1.54) is 12.1 Å². The minimum atomic E-state index is -4.75. The molecule has 1 aromatic rings. The van der Waals surface area contributed by atoms with E-state index in [9.17, 15) is 22.8 Å². The molecule has 1 atom stereocenters. The fourth-order valence-corrected chi connectivity index (χ4v) is 2.96. The summed E-state index contributed by atoms with van der Waals surface area (Å²) in [6.07, 6.45) is -1.18. The molecule has 26 heavy (non-hydrogen) atoms. The third-order valence-corrected chi connectivity index (χ3v) is 4.31. The van der Waals surface area contributed by atoms with E-state index >= 15 is 0 Å². The van der Waals surface area contributed by atoms with E-state index in [4.69, 9.17) is 0 Å². The van der Waals surface area contributed by atoms with Crippen LogP contribution in [0.15, 0.2) is 24.3 Å². The molecule has 0 radical (unpaired) electrons. The van der Waals surface area contributed by atoms with Gasteiger partial charge in [-0.3, -0.25) is 14.5 Å². The highest BCUT2D eigenvalue weighted by Crippen LogP contribution is 2.24. The summed E-state index contributed by atoms with van der Waals surface area (Å²) in [5, 5.41) is 5.58. The Morgan fingerprint density at radius 1 is 1.15 bits per heavy atom. The molecule has 9 heteroatoms. The second kappa shape index (κ2) is 7.53. The molecule has 1 unspecified atom stereocenters. The van der Waals surface area contributed by atoms with E-state index in [0.717, 1.165) is 37.8 Å². The quantitative estimate of drug-likeness (QED) is 0.805. The van der Waals surface area contributed by atoms with Gasteiger partial charge in [-0.25, -0.2) is 0 Å². The van der Waals surface area contributed by atoms with Crippen LogP contribution >= 0.6 is 0 Å². The smallest absolute Gasteiger partial charge is 0.406 e. The molecule has 1 saturated heterocycles. The van der Waals surface area contributed by atoms with Crippen LogP contribution in [0.2, 0.25) is 0 Å². The van der Waals surface area contributed by atoms with Gasteiger partial charge in [-0.2, -0.15) is 0 Å². The maximum Gasteiger partial charge on any atom is 0.573 e. The van der Waals surface area contributed by atoms with Gasteiger partial charge in [-0.05, 0) is 56.5 Å². The van der Waals surface area contributed by atoms with Gasteiger partial charge in [0.05, 0.1) is 12.6 Å². The van der Waals surface area contributed by atoms with Gasteiger partial charge in [-0.15, -0.1) is 13.2 Å². The Labute approximate surface area is 148 Å². The fourth-order valence-electron chi connectivity index (χ4n) is 2.96. The first-order valence-electron chi connectivity index (χ1n) is 8.50. The van der Waals surface area contributed by atoms with Crippen molar-refractivity contribution in [2.45, 2.75) is 44.1 Å². The van der Waals surface area contributed by atoms with Gasteiger partial charge < -0.3 is 15.4 Å². The Kier molecular flexibility index (Phi) is 5.36. The maximum atomic E-state index is 12.2. The zero-order valence-electron chi connectivity index (χ0n) is 14.0. The number of hydrogen-bond donors (Lipinski definition) is 2. The van der Waals surface area contributed by atoms with Gasteiger partial charge >= 0.3 is 6.36 Å². The largest absolute Gasteiger partial charge is 0.573 e. The fraction of sp³-hybridized carbons (Fsp3) is 0.529. The third kappa shape index (κ3) is 5.35. The molecular weight excluding hydrogens is 351 g/mol. The Balaban J connectivity index is 1.50. The Hall–Kier alpha value is -2.29. The summed E-state index contributed by atoms with van der Waals surface area (Å²) in [6, 6.07) is 4.90.